The maximum atomic E-state index is 4.85. The van der Waals surface area contributed by atoms with E-state index >= 15 is 0 Å². The van der Waals surface area contributed by atoms with E-state index in [2.05, 4.69) is 429 Å². The van der Waals surface area contributed by atoms with Crippen LogP contribution in [0.2, 0.25) is 0 Å². The standard InChI is InChI=1S/C56H20Br30/c57-30-15-9-24(37(63)43(30)69)50(75,76)23-8-4-7-22(36(23)51(77,78)25-10-16-31(58)44(70)38(25)64)49(21-5-2-1-3-6-21,52(79,80)26-11-17-32(59)45(71)39(26)65)56(53(81,82)27-12-18-33(60)46(72)40(27)66,54(83,84)28-13-19-34(61)47(73)41(28)67)55(85,86)29-14-20-35(62)48(74)42(29)68/h1-20H. The van der Waals surface area contributed by atoms with Crippen LogP contribution in [0.15, 0.2) is 202 Å². The zero-order valence-corrected chi connectivity index (χ0v) is 88.5. The third kappa shape index (κ3) is 13.6. The van der Waals surface area contributed by atoms with Crippen LogP contribution in [0.25, 0.3) is 0 Å². The van der Waals surface area contributed by atoms with Crippen molar-refractivity contribution >= 4 is 478 Å². The van der Waals surface area contributed by atoms with E-state index in [0.717, 1.165) is 118 Å². The average molecular weight is 3090 g/mol. The summed E-state index contributed by atoms with van der Waals surface area (Å²) in [6.45, 7) is 0. The Morgan fingerprint density at radius 3 is 0.767 bits per heavy atom. The molecule has 86 heavy (non-hydrogen) atoms. The fraction of sp³-hybridized carbons (Fsp3) is 0.143. The first-order valence-corrected chi connectivity index (χ1v) is 46.8. The van der Waals surface area contributed by atoms with Crippen molar-refractivity contribution in [1.29, 1.82) is 0 Å². The lowest BCUT2D eigenvalue weighted by atomic mass is 9.47. The first-order chi connectivity index (χ1) is 39.7. The Hall–Kier alpha value is 8.16. The summed E-state index contributed by atoms with van der Waals surface area (Å²) in [5.41, 5.74) is 3.91. The van der Waals surface area contributed by atoms with Crippen LogP contribution < -0.4 is 0 Å². The van der Waals surface area contributed by atoms with Gasteiger partial charge in [-0.05, 0) is 379 Å². The van der Waals surface area contributed by atoms with Crippen LogP contribution in [0, 0.1) is 5.41 Å². The maximum Gasteiger partial charge on any atom is 0.132 e. The Bertz CT molecular complexity index is 3860. The molecular formula is C56H20Br30. The summed E-state index contributed by atoms with van der Waals surface area (Å²) in [6, 6.07) is 41.6. The monoisotopic (exact) mass is 3060 g/mol. The lowest BCUT2D eigenvalue weighted by Crippen LogP contribution is -2.72. The van der Waals surface area contributed by atoms with Crippen LogP contribution >= 0.6 is 478 Å². The van der Waals surface area contributed by atoms with Gasteiger partial charge in [-0.2, -0.15) is 0 Å². The van der Waals surface area contributed by atoms with Gasteiger partial charge >= 0.3 is 0 Å². The fourth-order valence-electron chi connectivity index (χ4n) is 10.3. The van der Waals surface area contributed by atoms with Crippen LogP contribution in [0.1, 0.15) is 55.6 Å². The van der Waals surface area contributed by atoms with Gasteiger partial charge < -0.3 is 0 Å². The number of halogens is 30. The molecule has 1 unspecified atom stereocenters. The summed E-state index contributed by atoms with van der Waals surface area (Å²) >= 11 is 129. The van der Waals surface area contributed by atoms with Crippen molar-refractivity contribution in [1.82, 2.24) is 0 Å². The van der Waals surface area contributed by atoms with Crippen molar-refractivity contribution < 1.29 is 0 Å². The highest BCUT2D eigenvalue weighted by molar-refractivity contribution is 9.28. The van der Waals surface area contributed by atoms with Crippen LogP contribution in [-0.4, -0.2) is 0 Å². The van der Waals surface area contributed by atoms with Crippen LogP contribution in [-0.2, 0) is 24.8 Å². The van der Waals surface area contributed by atoms with E-state index in [0.29, 0.717) is 17.9 Å². The van der Waals surface area contributed by atoms with Crippen LogP contribution in [0.4, 0.5) is 0 Å². The lowest BCUT2D eigenvalue weighted by Gasteiger charge is -2.70. The molecule has 0 bridgehead atoms. The molecule has 0 saturated heterocycles. The molecule has 0 aliphatic heterocycles. The molecule has 1 atom stereocenters. The predicted octanol–water partition coefficient (Wildman–Crippen LogP) is 35.2. The Kier molecular flexibility index (Phi) is 28.6. The topological polar surface area (TPSA) is 0 Å². The van der Waals surface area contributed by atoms with E-state index in [-0.39, 0.29) is 0 Å². The number of hydrogen-bond acceptors (Lipinski definition) is 0. The summed E-state index contributed by atoms with van der Waals surface area (Å²) in [5, 5.41) is 0. The van der Waals surface area contributed by atoms with Crippen LogP contribution in [0.5, 0.6) is 0 Å². The van der Waals surface area contributed by atoms with E-state index in [9.17, 15) is 0 Å². The molecular weight excluding hydrogens is 3070 g/mol. The van der Waals surface area contributed by atoms with E-state index in [1.165, 1.54) is 0 Å². The summed E-state index contributed by atoms with van der Waals surface area (Å²) in [5.74, 6) is 0. The lowest BCUT2D eigenvalue weighted by molar-refractivity contribution is 0.0938. The SMILES string of the molecule is Brc1ccc(C(Br)(Br)c2cccc(C(c3ccccc3)(C(Br)(Br)c3ccc(Br)c(Br)c3Br)C(C(Br)(Br)c3ccc(Br)c(Br)c3Br)(C(Br)(Br)c3ccc(Br)c(Br)c3Br)C(Br)(Br)c3ccc(Br)c(Br)c3Br)c2C(Br)(Br)c2ccc(Br)c(Br)c2Br)c(Br)c1Br. The number of hydrogen-bond donors (Lipinski definition) is 0. The van der Waals surface area contributed by atoms with E-state index in [4.69, 9.17) is 127 Å². The molecule has 0 aliphatic rings. The molecule has 8 rings (SSSR count). The molecule has 0 radical (unpaired) electrons. The zero-order valence-electron chi connectivity index (χ0n) is 40.9. The summed E-state index contributed by atoms with van der Waals surface area (Å²) < 4.78 is 4.77. The van der Waals surface area contributed by atoms with Gasteiger partial charge in [0.15, 0.2) is 0 Å². The second kappa shape index (κ2) is 30.8. The Morgan fingerprint density at radius 2 is 0.453 bits per heavy atom. The highest BCUT2D eigenvalue weighted by atomic mass is 80.0. The van der Waals surface area contributed by atoms with E-state index in [1.807, 2.05) is 42.5 Å². The van der Waals surface area contributed by atoms with E-state index in [1.54, 1.807) is 0 Å². The fourth-order valence-corrected chi connectivity index (χ4v) is 38.5. The minimum absolute atomic E-state index is 0.700. The molecule has 0 saturated carbocycles. The maximum absolute atomic E-state index is 4.85. The molecule has 30 heteroatoms. The highest BCUT2D eigenvalue weighted by Gasteiger charge is 2.84. The van der Waals surface area contributed by atoms with Gasteiger partial charge in [-0.1, -0.05) is 276 Å². The predicted molar refractivity (Wildman–Crippen MR) is 469 cm³/mol. The smallest absolute Gasteiger partial charge is 0.0665 e. The zero-order chi connectivity index (χ0) is 64.3. The van der Waals surface area contributed by atoms with Crippen molar-refractivity contribution in [3.05, 3.63) is 257 Å². The third-order valence-electron chi connectivity index (χ3n) is 14.0. The highest BCUT2D eigenvalue weighted by Crippen LogP contribution is 2.88. The minimum Gasteiger partial charge on any atom is -0.0665 e. The molecule has 0 spiro atoms. The Labute approximate surface area is 750 Å². The molecule has 0 aromatic heterocycles. The van der Waals surface area contributed by atoms with Gasteiger partial charge in [-0.15, -0.1) is 0 Å². The van der Waals surface area contributed by atoms with Gasteiger partial charge in [-0.3, -0.25) is 0 Å². The molecule has 0 heterocycles. The Balaban J connectivity index is 1.92. The quantitative estimate of drug-likeness (QED) is 0.0709. The molecule has 0 fully saturated rings. The molecule has 0 aliphatic carbocycles. The van der Waals surface area contributed by atoms with Gasteiger partial charge in [0, 0.05) is 80.5 Å². The first-order valence-electron chi connectivity index (χ1n) is 23.0. The molecule has 8 aromatic carbocycles. The third-order valence-corrected chi connectivity index (χ3v) is 45.8. The first kappa shape index (κ1) is 79.9. The van der Waals surface area contributed by atoms with Gasteiger partial charge in [-0.25, -0.2) is 0 Å². The van der Waals surface area contributed by atoms with Gasteiger partial charge in [0.05, 0.1) is 10.8 Å². The number of benzene rings is 8. The van der Waals surface area contributed by atoms with Gasteiger partial charge in [0.25, 0.3) is 0 Å². The average Bonchev–Trinajstić information content (AvgIpc) is 0.666. The van der Waals surface area contributed by atoms with Crippen molar-refractivity contribution in [3.63, 3.8) is 0 Å². The molecule has 0 N–H and O–H groups in total. The summed E-state index contributed by atoms with van der Waals surface area (Å²) in [6.07, 6.45) is 0. The second-order valence-electron chi connectivity index (χ2n) is 18.4. The molecule has 8 aromatic rings. The van der Waals surface area contributed by atoms with Crippen molar-refractivity contribution in [2.45, 2.75) is 24.8 Å². The Morgan fingerprint density at radius 1 is 0.198 bits per heavy atom. The summed E-state index contributed by atoms with van der Waals surface area (Å²) in [7, 11) is 0. The normalized spacial score (nSPS) is 13.8. The number of rotatable bonds is 15. The van der Waals surface area contributed by atoms with Crippen molar-refractivity contribution in [2.75, 3.05) is 0 Å². The second-order valence-corrected chi connectivity index (χ2v) is 53.7. The molecule has 454 valence electrons. The van der Waals surface area contributed by atoms with Gasteiger partial charge in [0.1, 0.15) is 19.4 Å². The molecule has 0 amide bonds. The van der Waals surface area contributed by atoms with Crippen molar-refractivity contribution in [3.8, 4) is 0 Å². The molecule has 0 nitrogen and oxygen atoms in total. The minimum atomic E-state index is -1.84. The number of alkyl halides is 12. The largest absolute Gasteiger partial charge is 0.132 e. The van der Waals surface area contributed by atoms with Crippen LogP contribution in [0.3, 0.4) is 0 Å². The summed E-state index contributed by atoms with van der Waals surface area (Å²) in [4.78, 5) is 0. The van der Waals surface area contributed by atoms with E-state index < -0.39 is 30.2 Å². The van der Waals surface area contributed by atoms with Crippen molar-refractivity contribution in [2.24, 2.45) is 5.41 Å². The van der Waals surface area contributed by atoms with Gasteiger partial charge in [0.2, 0.25) is 0 Å².